The third-order valence-electron chi connectivity index (χ3n) is 4.31. The second-order valence-electron chi connectivity index (χ2n) is 6.10. The van der Waals surface area contributed by atoms with E-state index in [1.807, 2.05) is 13.1 Å². The quantitative estimate of drug-likeness (QED) is 0.798. The van der Waals surface area contributed by atoms with Gasteiger partial charge in [-0.1, -0.05) is 6.07 Å². The van der Waals surface area contributed by atoms with Gasteiger partial charge in [0.15, 0.2) is 0 Å². The molecule has 0 saturated heterocycles. The van der Waals surface area contributed by atoms with E-state index in [4.69, 9.17) is 0 Å². The number of aryl methyl sites for hydroxylation is 1. The molecule has 0 unspecified atom stereocenters. The molecule has 1 aliphatic heterocycles. The smallest absolute Gasteiger partial charge is 0.255 e. The number of H-pyrrole nitrogens is 1. The predicted molar refractivity (Wildman–Crippen MR) is 95.0 cm³/mol. The van der Waals surface area contributed by atoms with Gasteiger partial charge in [-0.3, -0.25) is 14.7 Å². The monoisotopic (exact) mass is 338 g/mol. The van der Waals surface area contributed by atoms with Crippen LogP contribution in [0.2, 0.25) is 0 Å². The molecule has 3 aromatic heterocycles. The van der Waals surface area contributed by atoms with E-state index in [9.17, 15) is 4.79 Å². The van der Waals surface area contributed by atoms with Crippen LogP contribution in [0.3, 0.4) is 0 Å². The first-order valence-corrected chi connectivity index (χ1v) is 8.92. The van der Waals surface area contributed by atoms with Crippen LogP contribution in [0.15, 0.2) is 40.0 Å². The topological polar surface area (TPSA) is 61.9 Å². The van der Waals surface area contributed by atoms with Gasteiger partial charge in [0.05, 0.1) is 17.0 Å². The zero-order chi connectivity index (χ0) is 16.5. The second kappa shape index (κ2) is 6.30. The van der Waals surface area contributed by atoms with Crippen LogP contribution < -0.4 is 5.56 Å². The summed E-state index contributed by atoms with van der Waals surface area (Å²) in [5.74, 6) is 0.695. The summed E-state index contributed by atoms with van der Waals surface area (Å²) in [6, 6.07) is 6.26. The number of nitrogens with one attached hydrogen (secondary N) is 1. The van der Waals surface area contributed by atoms with E-state index in [0.29, 0.717) is 12.4 Å². The molecule has 6 heteroatoms. The summed E-state index contributed by atoms with van der Waals surface area (Å²) in [7, 11) is 0. The highest BCUT2D eigenvalue weighted by Gasteiger charge is 2.20. The fourth-order valence-corrected chi connectivity index (χ4v) is 3.75. The van der Waals surface area contributed by atoms with Gasteiger partial charge in [0.1, 0.15) is 5.82 Å². The lowest BCUT2D eigenvalue weighted by molar-refractivity contribution is 0.241. The Bertz CT molecular complexity index is 900. The lowest BCUT2D eigenvalue weighted by Crippen LogP contribution is -2.35. The zero-order valence-electron chi connectivity index (χ0n) is 13.5. The van der Waals surface area contributed by atoms with Gasteiger partial charge in [-0.2, -0.15) is 11.3 Å². The number of aromatic amines is 1. The van der Waals surface area contributed by atoms with Crippen molar-refractivity contribution in [3.05, 3.63) is 68.2 Å². The Hall–Kier alpha value is -2.31. The van der Waals surface area contributed by atoms with Crippen molar-refractivity contribution in [3.8, 4) is 11.3 Å². The summed E-state index contributed by atoms with van der Waals surface area (Å²) in [6.07, 6.45) is 2.75. The number of rotatable bonds is 3. The number of aromatic nitrogens is 3. The van der Waals surface area contributed by atoms with Crippen molar-refractivity contribution in [2.45, 2.75) is 26.4 Å². The molecule has 0 aliphatic carbocycles. The van der Waals surface area contributed by atoms with Crippen molar-refractivity contribution in [3.63, 3.8) is 0 Å². The standard InChI is InChI=1S/C18H18N4OS/c1-12-20-17-4-6-22(10-15(17)18(23)21-12)9-13-2-3-16(19-8-13)14-5-7-24-11-14/h2-3,5,7-8,11H,4,6,9-10H2,1H3,(H,20,21,23). The minimum absolute atomic E-state index is 0.00636. The lowest BCUT2D eigenvalue weighted by atomic mass is 10.1. The summed E-state index contributed by atoms with van der Waals surface area (Å²) >= 11 is 1.68. The van der Waals surface area contributed by atoms with E-state index < -0.39 is 0 Å². The highest BCUT2D eigenvalue weighted by Crippen LogP contribution is 2.21. The molecule has 0 radical (unpaired) electrons. The molecule has 0 atom stereocenters. The van der Waals surface area contributed by atoms with Crippen LogP contribution in [0.25, 0.3) is 11.3 Å². The molecule has 0 fully saturated rings. The van der Waals surface area contributed by atoms with Crippen molar-refractivity contribution in [2.75, 3.05) is 6.54 Å². The molecule has 4 rings (SSSR count). The molecule has 4 heterocycles. The van der Waals surface area contributed by atoms with Gasteiger partial charge < -0.3 is 4.98 Å². The third-order valence-corrected chi connectivity index (χ3v) is 5.00. The Morgan fingerprint density at radius 1 is 1.33 bits per heavy atom. The number of fused-ring (bicyclic) bond motifs is 1. The number of nitrogens with zero attached hydrogens (tertiary/aromatic N) is 3. The number of hydrogen-bond acceptors (Lipinski definition) is 5. The highest BCUT2D eigenvalue weighted by molar-refractivity contribution is 7.08. The zero-order valence-corrected chi connectivity index (χ0v) is 14.3. The largest absolute Gasteiger partial charge is 0.310 e. The van der Waals surface area contributed by atoms with Crippen LogP contribution in [0, 0.1) is 6.92 Å². The summed E-state index contributed by atoms with van der Waals surface area (Å²) in [6.45, 7) is 4.18. The average molecular weight is 338 g/mol. The van der Waals surface area contributed by atoms with E-state index in [1.54, 1.807) is 11.3 Å². The molecule has 1 N–H and O–H groups in total. The first-order valence-electron chi connectivity index (χ1n) is 7.97. The number of thiophene rings is 1. The van der Waals surface area contributed by atoms with Crippen molar-refractivity contribution in [1.82, 2.24) is 19.9 Å². The van der Waals surface area contributed by atoms with Crippen LogP contribution in [0.4, 0.5) is 0 Å². The summed E-state index contributed by atoms with van der Waals surface area (Å²) in [4.78, 5) is 26.2. The Kier molecular flexibility index (Phi) is 4.00. The SMILES string of the molecule is Cc1nc2c(c(=O)[nH]1)CN(Cc1ccc(-c3ccsc3)nc1)CC2. The molecular weight excluding hydrogens is 320 g/mol. The van der Waals surface area contributed by atoms with E-state index in [2.05, 4.69) is 48.8 Å². The van der Waals surface area contributed by atoms with Gasteiger partial charge in [-0.15, -0.1) is 0 Å². The van der Waals surface area contributed by atoms with Crippen LogP contribution in [0.5, 0.6) is 0 Å². The van der Waals surface area contributed by atoms with Gasteiger partial charge in [-0.25, -0.2) is 4.98 Å². The molecule has 122 valence electrons. The lowest BCUT2D eigenvalue weighted by Gasteiger charge is -2.27. The summed E-state index contributed by atoms with van der Waals surface area (Å²) < 4.78 is 0. The van der Waals surface area contributed by atoms with Gasteiger partial charge in [0, 0.05) is 43.2 Å². The fourth-order valence-electron chi connectivity index (χ4n) is 3.10. The van der Waals surface area contributed by atoms with Crippen molar-refractivity contribution >= 4 is 11.3 Å². The average Bonchev–Trinajstić information content (AvgIpc) is 3.11. The minimum Gasteiger partial charge on any atom is -0.310 e. The van der Waals surface area contributed by atoms with Crippen LogP contribution in [-0.2, 0) is 19.5 Å². The van der Waals surface area contributed by atoms with Crippen molar-refractivity contribution < 1.29 is 0 Å². The van der Waals surface area contributed by atoms with E-state index in [-0.39, 0.29) is 5.56 Å². The van der Waals surface area contributed by atoms with Gasteiger partial charge in [0.25, 0.3) is 5.56 Å². The van der Waals surface area contributed by atoms with Crippen LogP contribution in [0.1, 0.15) is 22.6 Å². The number of pyridine rings is 1. The van der Waals surface area contributed by atoms with Gasteiger partial charge >= 0.3 is 0 Å². The first kappa shape index (κ1) is 15.2. The molecule has 3 aromatic rings. The molecule has 0 saturated carbocycles. The molecule has 0 bridgehead atoms. The Balaban J connectivity index is 1.49. The van der Waals surface area contributed by atoms with Gasteiger partial charge in [0.2, 0.25) is 0 Å². The van der Waals surface area contributed by atoms with Crippen LogP contribution in [-0.4, -0.2) is 26.4 Å². The second-order valence-corrected chi connectivity index (χ2v) is 6.88. The fraction of sp³-hybridized carbons (Fsp3) is 0.278. The van der Waals surface area contributed by atoms with Crippen molar-refractivity contribution in [2.24, 2.45) is 0 Å². The normalized spacial score (nSPS) is 14.5. The third kappa shape index (κ3) is 3.02. The summed E-state index contributed by atoms with van der Waals surface area (Å²) in [5.41, 5.74) is 5.06. The van der Waals surface area contributed by atoms with Crippen molar-refractivity contribution in [1.29, 1.82) is 0 Å². The summed E-state index contributed by atoms with van der Waals surface area (Å²) in [5, 5.41) is 4.16. The molecular formula is C18H18N4OS. The molecule has 24 heavy (non-hydrogen) atoms. The maximum absolute atomic E-state index is 12.1. The minimum atomic E-state index is -0.00636. The molecule has 5 nitrogen and oxygen atoms in total. The molecule has 0 aromatic carbocycles. The van der Waals surface area contributed by atoms with E-state index in [0.717, 1.165) is 47.6 Å². The Morgan fingerprint density at radius 2 is 2.25 bits per heavy atom. The predicted octanol–water partition coefficient (Wildman–Crippen LogP) is 2.76. The molecule has 0 spiro atoms. The number of hydrogen-bond donors (Lipinski definition) is 1. The van der Waals surface area contributed by atoms with Crippen LogP contribution >= 0.6 is 11.3 Å². The Morgan fingerprint density at radius 3 is 3.00 bits per heavy atom. The molecule has 1 aliphatic rings. The molecule has 0 amide bonds. The highest BCUT2D eigenvalue weighted by atomic mass is 32.1. The maximum atomic E-state index is 12.1. The maximum Gasteiger partial charge on any atom is 0.255 e. The Labute approximate surface area is 144 Å². The van der Waals surface area contributed by atoms with E-state index >= 15 is 0 Å². The van der Waals surface area contributed by atoms with E-state index in [1.165, 1.54) is 0 Å². The first-order chi connectivity index (χ1) is 11.7. The van der Waals surface area contributed by atoms with Gasteiger partial charge in [-0.05, 0) is 30.0 Å².